The van der Waals surface area contributed by atoms with Gasteiger partial charge in [-0.1, -0.05) is 56.7 Å². The molecule has 0 aliphatic heterocycles. The second-order valence-corrected chi connectivity index (χ2v) is 9.57. The van der Waals surface area contributed by atoms with Crippen LogP contribution in [0.15, 0.2) is 59.6 Å². The van der Waals surface area contributed by atoms with E-state index in [4.69, 9.17) is 0 Å². The van der Waals surface area contributed by atoms with Crippen molar-refractivity contribution in [2.75, 3.05) is 0 Å². The van der Waals surface area contributed by atoms with Crippen molar-refractivity contribution in [3.63, 3.8) is 0 Å². The van der Waals surface area contributed by atoms with Crippen molar-refractivity contribution >= 4 is 15.9 Å². The Labute approximate surface area is 175 Å². The van der Waals surface area contributed by atoms with E-state index in [1.807, 2.05) is 56.7 Å². The molecule has 0 aliphatic rings. The number of hydrogen-bond acceptors (Lipinski definition) is 5. The summed E-state index contributed by atoms with van der Waals surface area (Å²) in [6.45, 7) is 7.92. The predicted molar refractivity (Wildman–Crippen MR) is 112 cm³/mol. The van der Waals surface area contributed by atoms with E-state index in [9.17, 15) is 17.6 Å². The van der Waals surface area contributed by atoms with Gasteiger partial charge in [0.1, 0.15) is 0 Å². The molecule has 156 valence electrons. The van der Waals surface area contributed by atoms with Crippen LogP contribution < -0.4 is 4.72 Å². The Morgan fingerprint density at radius 1 is 0.967 bits per heavy atom. The first-order chi connectivity index (χ1) is 14.0. The molecule has 3 aromatic rings. The van der Waals surface area contributed by atoms with Crippen molar-refractivity contribution in [1.29, 1.82) is 0 Å². The van der Waals surface area contributed by atoms with E-state index in [2.05, 4.69) is 9.97 Å². The average molecular weight is 428 g/mol. The lowest BCUT2D eigenvalue weighted by molar-refractivity contribution is 0.0981. The van der Waals surface area contributed by atoms with Crippen LogP contribution in [0, 0.1) is 12.9 Å². The SMILES string of the molecule is Cc1ccc(-c2nc(C(C)(C)C)ccc2C(=O)NS(=O)(=O)c2cccc(F)n2)cc1. The third kappa shape index (κ3) is 4.71. The zero-order valence-corrected chi connectivity index (χ0v) is 17.9. The molecule has 0 saturated carbocycles. The predicted octanol–water partition coefficient (Wildman–Crippen LogP) is 4.01. The number of pyridine rings is 2. The number of rotatable bonds is 4. The number of carbonyl (C=O) groups is 1. The van der Waals surface area contributed by atoms with Crippen LogP contribution in [-0.4, -0.2) is 24.3 Å². The van der Waals surface area contributed by atoms with Gasteiger partial charge in [-0.3, -0.25) is 9.78 Å². The number of sulfonamides is 1. The molecule has 0 fully saturated rings. The van der Waals surface area contributed by atoms with Crippen LogP contribution in [0.4, 0.5) is 4.39 Å². The molecule has 1 N–H and O–H groups in total. The van der Waals surface area contributed by atoms with Crippen LogP contribution in [0.5, 0.6) is 0 Å². The lowest BCUT2D eigenvalue weighted by atomic mass is 9.90. The lowest BCUT2D eigenvalue weighted by Crippen LogP contribution is -2.32. The standard InChI is InChI=1S/C22H22FN3O3S/c1-14-8-10-15(11-9-14)20-16(12-13-17(24-20)22(2,3)4)21(27)26-30(28,29)19-7-5-6-18(23)25-19/h5-13H,1-4H3,(H,26,27). The van der Waals surface area contributed by atoms with Gasteiger partial charge >= 0.3 is 0 Å². The van der Waals surface area contributed by atoms with Gasteiger partial charge in [-0.2, -0.15) is 12.8 Å². The van der Waals surface area contributed by atoms with Gasteiger partial charge in [0.2, 0.25) is 5.95 Å². The summed E-state index contributed by atoms with van der Waals surface area (Å²) in [5.74, 6) is -1.83. The Hall–Kier alpha value is -3.13. The fraction of sp³-hybridized carbons (Fsp3) is 0.227. The Bertz CT molecular complexity index is 1200. The molecule has 0 saturated heterocycles. The molecule has 0 aliphatic carbocycles. The average Bonchev–Trinajstić information content (AvgIpc) is 2.67. The summed E-state index contributed by atoms with van der Waals surface area (Å²) in [6.07, 6.45) is 0. The first-order valence-electron chi connectivity index (χ1n) is 9.26. The molecule has 6 nitrogen and oxygen atoms in total. The molecule has 2 heterocycles. The maximum absolute atomic E-state index is 13.3. The first kappa shape index (κ1) is 21.6. The van der Waals surface area contributed by atoms with Crippen LogP contribution in [0.1, 0.15) is 42.4 Å². The number of aromatic nitrogens is 2. The van der Waals surface area contributed by atoms with E-state index in [0.717, 1.165) is 23.4 Å². The minimum absolute atomic E-state index is 0.0897. The number of benzene rings is 1. The van der Waals surface area contributed by atoms with Gasteiger partial charge in [-0.15, -0.1) is 0 Å². The summed E-state index contributed by atoms with van der Waals surface area (Å²) in [6, 6.07) is 14.0. The zero-order chi connectivity index (χ0) is 22.1. The van der Waals surface area contributed by atoms with Crippen molar-refractivity contribution < 1.29 is 17.6 Å². The molecule has 0 bridgehead atoms. The Morgan fingerprint density at radius 2 is 1.63 bits per heavy atom. The first-order valence-corrected chi connectivity index (χ1v) is 10.7. The molecule has 0 unspecified atom stereocenters. The maximum atomic E-state index is 13.3. The van der Waals surface area contributed by atoms with Crippen molar-refractivity contribution in [3.05, 3.63) is 77.4 Å². The van der Waals surface area contributed by atoms with Gasteiger partial charge in [0.05, 0.1) is 11.3 Å². The van der Waals surface area contributed by atoms with E-state index in [-0.39, 0.29) is 11.0 Å². The topological polar surface area (TPSA) is 89.0 Å². The highest BCUT2D eigenvalue weighted by Crippen LogP contribution is 2.28. The monoisotopic (exact) mass is 427 g/mol. The molecule has 3 rings (SSSR count). The molecule has 8 heteroatoms. The second-order valence-electron chi connectivity index (χ2n) is 7.94. The summed E-state index contributed by atoms with van der Waals surface area (Å²) in [4.78, 5) is 20.9. The van der Waals surface area contributed by atoms with Crippen LogP contribution in [0.2, 0.25) is 0 Å². The molecule has 0 radical (unpaired) electrons. The fourth-order valence-corrected chi connectivity index (χ4v) is 3.68. The normalized spacial score (nSPS) is 11.9. The Kier molecular flexibility index (Phi) is 5.72. The van der Waals surface area contributed by atoms with Gasteiger partial charge in [0.15, 0.2) is 5.03 Å². The highest BCUT2D eigenvalue weighted by Gasteiger charge is 2.25. The molecule has 1 aromatic carbocycles. The molecule has 1 amide bonds. The Morgan fingerprint density at radius 3 is 2.23 bits per heavy atom. The summed E-state index contributed by atoms with van der Waals surface area (Å²) in [5, 5.41) is -0.577. The molecule has 0 spiro atoms. The molecular formula is C22H22FN3O3S. The molecule has 2 aromatic heterocycles. The highest BCUT2D eigenvalue weighted by molar-refractivity contribution is 7.90. The minimum atomic E-state index is -4.35. The zero-order valence-electron chi connectivity index (χ0n) is 17.1. The van der Waals surface area contributed by atoms with Crippen molar-refractivity contribution in [1.82, 2.24) is 14.7 Å². The maximum Gasteiger partial charge on any atom is 0.281 e. The number of amides is 1. The minimum Gasteiger partial charge on any atom is -0.268 e. The number of aryl methyl sites for hydroxylation is 1. The van der Waals surface area contributed by atoms with Crippen LogP contribution in [0.3, 0.4) is 0 Å². The van der Waals surface area contributed by atoms with E-state index in [0.29, 0.717) is 11.3 Å². The van der Waals surface area contributed by atoms with Gasteiger partial charge in [0, 0.05) is 16.7 Å². The summed E-state index contributed by atoms with van der Waals surface area (Å²) >= 11 is 0. The highest BCUT2D eigenvalue weighted by atomic mass is 32.2. The van der Waals surface area contributed by atoms with E-state index >= 15 is 0 Å². The number of nitrogens with zero attached hydrogens (tertiary/aromatic N) is 2. The third-order valence-corrected chi connectivity index (χ3v) is 5.66. The number of halogens is 1. The number of hydrogen-bond donors (Lipinski definition) is 1. The van der Waals surface area contributed by atoms with Crippen LogP contribution in [-0.2, 0) is 15.4 Å². The molecular weight excluding hydrogens is 405 g/mol. The Balaban J connectivity index is 2.06. The third-order valence-electron chi connectivity index (χ3n) is 4.43. The molecule has 30 heavy (non-hydrogen) atoms. The van der Waals surface area contributed by atoms with Crippen LogP contribution >= 0.6 is 0 Å². The van der Waals surface area contributed by atoms with E-state index in [1.165, 1.54) is 6.07 Å². The van der Waals surface area contributed by atoms with E-state index in [1.54, 1.807) is 12.1 Å². The van der Waals surface area contributed by atoms with Crippen LogP contribution in [0.25, 0.3) is 11.3 Å². The van der Waals surface area contributed by atoms with Gasteiger partial charge in [0.25, 0.3) is 15.9 Å². The second kappa shape index (κ2) is 7.95. The summed E-state index contributed by atoms with van der Waals surface area (Å²) in [5.41, 5.74) is 2.65. The smallest absolute Gasteiger partial charge is 0.268 e. The van der Waals surface area contributed by atoms with Crippen molar-refractivity contribution in [2.24, 2.45) is 0 Å². The van der Waals surface area contributed by atoms with Crippen molar-refractivity contribution in [3.8, 4) is 11.3 Å². The summed E-state index contributed by atoms with van der Waals surface area (Å²) in [7, 11) is -4.35. The molecule has 0 atom stereocenters. The van der Waals surface area contributed by atoms with Gasteiger partial charge < -0.3 is 0 Å². The van der Waals surface area contributed by atoms with E-state index < -0.39 is 26.9 Å². The van der Waals surface area contributed by atoms with Crippen molar-refractivity contribution in [2.45, 2.75) is 38.1 Å². The number of nitrogens with one attached hydrogen (secondary N) is 1. The van der Waals surface area contributed by atoms with Gasteiger partial charge in [-0.25, -0.2) is 9.71 Å². The lowest BCUT2D eigenvalue weighted by Gasteiger charge is -2.20. The number of carbonyl (C=O) groups excluding carboxylic acids is 1. The summed E-state index contributed by atoms with van der Waals surface area (Å²) < 4.78 is 40.3. The largest absolute Gasteiger partial charge is 0.281 e. The fourth-order valence-electron chi connectivity index (χ4n) is 2.76. The quantitative estimate of drug-likeness (QED) is 0.636. The van der Waals surface area contributed by atoms with Gasteiger partial charge in [-0.05, 0) is 31.2 Å².